The predicted octanol–water partition coefficient (Wildman–Crippen LogP) is 1.64. The van der Waals surface area contributed by atoms with E-state index in [1.807, 2.05) is 0 Å². The molecule has 1 saturated heterocycles. The molecule has 4 nitrogen and oxygen atoms in total. The van der Waals surface area contributed by atoms with Crippen molar-refractivity contribution in [3.8, 4) is 0 Å². The molecule has 1 unspecified atom stereocenters. The average Bonchev–Trinajstić information content (AvgIpc) is 2.73. The van der Waals surface area contributed by atoms with Crippen LogP contribution in [0.1, 0.15) is 17.0 Å². The average molecular weight is 296 g/mol. The van der Waals surface area contributed by atoms with Crippen LogP contribution in [-0.4, -0.2) is 29.9 Å². The van der Waals surface area contributed by atoms with E-state index in [1.165, 1.54) is 0 Å². The maximum Gasteiger partial charge on any atom is 0.289 e. The highest BCUT2D eigenvalue weighted by Gasteiger charge is 2.26. The molecule has 0 saturated carbocycles. The summed E-state index contributed by atoms with van der Waals surface area (Å²) in [4.78, 5) is 13.5. The van der Waals surface area contributed by atoms with Crippen molar-refractivity contribution in [3.05, 3.63) is 22.6 Å². The summed E-state index contributed by atoms with van der Waals surface area (Å²) in [6.45, 7) is 1.34. The molecule has 2 rings (SSSR count). The Hall–Kier alpha value is -0.520. The number of furan rings is 1. The van der Waals surface area contributed by atoms with Crippen molar-refractivity contribution in [1.82, 2.24) is 4.90 Å². The highest BCUT2D eigenvalue weighted by molar-refractivity contribution is 9.10. The molecule has 1 aromatic rings. The SMILES string of the molecule is Cl.NC1CCN(C(=O)c2ccc(Br)o2)C1. The van der Waals surface area contributed by atoms with Crippen molar-refractivity contribution in [1.29, 1.82) is 0 Å². The van der Waals surface area contributed by atoms with Gasteiger partial charge in [-0.05, 0) is 34.5 Å². The van der Waals surface area contributed by atoms with E-state index in [9.17, 15) is 4.79 Å². The molecule has 1 aromatic heterocycles. The lowest BCUT2D eigenvalue weighted by Gasteiger charge is -2.13. The van der Waals surface area contributed by atoms with Crippen LogP contribution in [0.5, 0.6) is 0 Å². The molecule has 1 aliphatic heterocycles. The zero-order chi connectivity index (χ0) is 10.1. The van der Waals surface area contributed by atoms with Crippen LogP contribution in [0.15, 0.2) is 21.2 Å². The van der Waals surface area contributed by atoms with Gasteiger partial charge in [-0.25, -0.2) is 0 Å². The Morgan fingerprint density at radius 3 is 2.80 bits per heavy atom. The Bertz CT molecular complexity index is 356. The van der Waals surface area contributed by atoms with E-state index in [0.29, 0.717) is 17.0 Å². The molecule has 0 radical (unpaired) electrons. The number of carbonyl (C=O) groups is 1. The lowest BCUT2D eigenvalue weighted by molar-refractivity contribution is 0.0758. The second-order valence-electron chi connectivity index (χ2n) is 3.40. The van der Waals surface area contributed by atoms with Crippen LogP contribution in [0.4, 0.5) is 0 Å². The van der Waals surface area contributed by atoms with Gasteiger partial charge in [0.1, 0.15) is 0 Å². The highest BCUT2D eigenvalue weighted by atomic mass is 79.9. The first-order valence-electron chi connectivity index (χ1n) is 4.47. The van der Waals surface area contributed by atoms with Gasteiger partial charge in [0, 0.05) is 19.1 Å². The van der Waals surface area contributed by atoms with Gasteiger partial charge in [-0.3, -0.25) is 4.79 Å². The van der Waals surface area contributed by atoms with Gasteiger partial charge < -0.3 is 15.1 Å². The number of rotatable bonds is 1. The lowest BCUT2D eigenvalue weighted by atomic mass is 10.3. The van der Waals surface area contributed by atoms with Crippen LogP contribution in [0.25, 0.3) is 0 Å². The van der Waals surface area contributed by atoms with Crippen LogP contribution in [0, 0.1) is 0 Å². The molecule has 0 aromatic carbocycles. The molecule has 0 bridgehead atoms. The topological polar surface area (TPSA) is 59.5 Å². The fourth-order valence-electron chi connectivity index (χ4n) is 1.56. The van der Waals surface area contributed by atoms with E-state index in [1.54, 1.807) is 17.0 Å². The van der Waals surface area contributed by atoms with E-state index in [2.05, 4.69) is 15.9 Å². The number of nitrogens with two attached hydrogens (primary N) is 1. The molecule has 1 aliphatic rings. The number of amides is 1. The number of nitrogens with zero attached hydrogens (tertiary/aromatic N) is 1. The molecular formula is C9H12BrClN2O2. The van der Waals surface area contributed by atoms with Crippen molar-refractivity contribution >= 4 is 34.2 Å². The largest absolute Gasteiger partial charge is 0.444 e. The summed E-state index contributed by atoms with van der Waals surface area (Å²) in [5.74, 6) is 0.287. The third-order valence-electron chi connectivity index (χ3n) is 2.30. The molecular weight excluding hydrogens is 283 g/mol. The number of carbonyl (C=O) groups excluding carboxylic acids is 1. The van der Waals surface area contributed by atoms with Crippen molar-refractivity contribution in [2.45, 2.75) is 12.5 Å². The summed E-state index contributed by atoms with van der Waals surface area (Å²) < 4.78 is 5.75. The number of halogens is 2. The summed E-state index contributed by atoms with van der Waals surface area (Å²) in [5.41, 5.74) is 5.71. The van der Waals surface area contributed by atoms with Gasteiger partial charge in [0.05, 0.1) is 0 Å². The van der Waals surface area contributed by atoms with Gasteiger partial charge in [0.25, 0.3) is 5.91 Å². The number of hydrogen-bond donors (Lipinski definition) is 1. The zero-order valence-electron chi connectivity index (χ0n) is 7.98. The van der Waals surface area contributed by atoms with Crippen LogP contribution in [0.2, 0.25) is 0 Å². The third-order valence-corrected chi connectivity index (χ3v) is 2.72. The third kappa shape index (κ3) is 2.74. The maximum atomic E-state index is 11.8. The molecule has 15 heavy (non-hydrogen) atoms. The number of hydrogen-bond acceptors (Lipinski definition) is 3. The predicted molar refractivity (Wildman–Crippen MR) is 62.2 cm³/mol. The first-order chi connectivity index (χ1) is 6.66. The summed E-state index contributed by atoms with van der Waals surface area (Å²) in [6, 6.07) is 3.48. The minimum Gasteiger partial charge on any atom is -0.444 e. The van der Waals surface area contributed by atoms with Gasteiger partial charge in [-0.2, -0.15) is 0 Å². The fourth-order valence-corrected chi connectivity index (χ4v) is 1.86. The monoisotopic (exact) mass is 294 g/mol. The molecule has 0 spiro atoms. The van der Waals surface area contributed by atoms with Gasteiger partial charge in [-0.1, -0.05) is 0 Å². The molecule has 84 valence electrons. The van der Waals surface area contributed by atoms with Crippen LogP contribution in [0.3, 0.4) is 0 Å². The molecule has 1 amide bonds. The molecule has 2 heterocycles. The second kappa shape index (κ2) is 5.01. The summed E-state index contributed by atoms with van der Waals surface area (Å²) in [7, 11) is 0. The molecule has 6 heteroatoms. The number of likely N-dealkylation sites (tertiary alicyclic amines) is 1. The quantitative estimate of drug-likeness (QED) is 0.857. The van der Waals surface area contributed by atoms with Gasteiger partial charge in [-0.15, -0.1) is 12.4 Å². The van der Waals surface area contributed by atoms with E-state index >= 15 is 0 Å². The van der Waals surface area contributed by atoms with Crippen molar-refractivity contribution in [2.75, 3.05) is 13.1 Å². The zero-order valence-corrected chi connectivity index (χ0v) is 10.4. The van der Waals surface area contributed by atoms with Crippen LogP contribution in [-0.2, 0) is 0 Å². The maximum absolute atomic E-state index is 11.8. The Kier molecular flexibility index (Phi) is 4.19. The van der Waals surface area contributed by atoms with Crippen molar-refractivity contribution in [3.63, 3.8) is 0 Å². The highest BCUT2D eigenvalue weighted by Crippen LogP contribution is 2.17. The minimum absolute atomic E-state index is 0. The van der Waals surface area contributed by atoms with Gasteiger partial charge >= 0.3 is 0 Å². The summed E-state index contributed by atoms with van der Waals surface area (Å²) in [5, 5.41) is 0. The van der Waals surface area contributed by atoms with E-state index in [4.69, 9.17) is 10.2 Å². The summed E-state index contributed by atoms with van der Waals surface area (Å²) >= 11 is 3.16. The standard InChI is InChI=1S/C9H11BrN2O2.ClH/c10-8-2-1-7(14-8)9(13)12-4-3-6(11)5-12;/h1-2,6H,3-5,11H2;1H. The van der Waals surface area contributed by atoms with Crippen LogP contribution >= 0.6 is 28.3 Å². The molecule has 0 aliphatic carbocycles. The fraction of sp³-hybridized carbons (Fsp3) is 0.444. The van der Waals surface area contributed by atoms with E-state index < -0.39 is 0 Å². The Balaban J connectivity index is 0.00000112. The second-order valence-corrected chi connectivity index (χ2v) is 4.19. The minimum atomic E-state index is -0.0800. The Labute approximate surface area is 102 Å². The first kappa shape index (κ1) is 12.5. The van der Waals surface area contributed by atoms with Crippen molar-refractivity contribution < 1.29 is 9.21 Å². The first-order valence-corrected chi connectivity index (χ1v) is 5.26. The van der Waals surface area contributed by atoms with Crippen molar-refractivity contribution in [2.24, 2.45) is 5.73 Å². The van der Waals surface area contributed by atoms with Gasteiger partial charge in [0.15, 0.2) is 10.4 Å². The molecule has 1 fully saturated rings. The smallest absolute Gasteiger partial charge is 0.289 e. The lowest BCUT2D eigenvalue weighted by Crippen LogP contribution is -2.31. The Morgan fingerprint density at radius 1 is 1.60 bits per heavy atom. The molecule has 1 atom stereocenters. The van der Waals surface area contributed by atoms with E-state index in [-0.39, 0.29) is 24.4 Å². The van der Waals surface area contributed by atoms with Crippen LogP contribution < -0.4 is 5.73 Å². The van der Waals surface area contributed by atoms with E-state index in [0.717, 1.165) is 13.0 Å². The normalized spacial score (nSPS) is 20.1. The van der Waals surface area contributed by atoms with Gasteiger partial charge in [0.2, 0.25) is 0 Å². The summed E-state index contributed by atoms with van der Waals surface area (Å²) in [6.07, 6.45) is 0.869. The molecule has 2 N–H and O–H groups in total. The Morgan fingerprint density at radius 2 is 2.33 bits per heavy atom.